The number of benzene rings is 1. The fraction of sp³-hybridized carbons (Fsp3) is 0.296. The van der Waals surface area contributed by atoms with Crippen LogP contribution in [0.1, 0.15) is 0 Å². The first-order chi connectivity index (χ1) is 19.5. The summed E-state index contributed by atoms with van der Waals surface area (Å²) in [5, 5.41) is 13.4. The fourth-order valence-corrected chi connectivity index (χ4v) is 5.21. The maximum Gasteiger partial charge on any atom is 0.416 e. The molecule has 1 fully saturated rings. The second-order valence-corrected chi connectivity index (χ2v) is 9.94. The monoisotopic (exact) mass is 541 g/mol. The van der Waals surface area contributed by atoms with Crippen molar-refractivity contribution in [3.63, 3.8) is 0 Å². The minimum Gasteiger partial charge on any atom is -0.494 e. The standard InChI is InChI=1S/C27H27N9O4/c1-33(2)14-16-15-34(27(37)40-16)26-18-12-30-19(17-13-31-35-7-4-5-29-25(17)35)9-21(18)36(32-26)22-11-23-20(10-24(22)38-3)28-6-8-39-23/h4-5,7,9-13,16,28H,6,8,14-15H2,1-3H3. The molecule has 1 saturated heterocycles. The molecule has 13 heteroatoms. The Kier molecular flexibility index (Phi) is 5.66. The summed E-state index contributed by atoms with van der Waals surface area (Å²) in [5.74, 6) is 1.75. The molecule has 5 aromatic rings. The van der Waals surface area contributed by atoms with Crippen molar-refractivity contribution in [2.75, 3.05) is 57.7 Å². The van der Waals surface area contributed by atoms with Crippen LogP contribution in [0.2, 0.25) is 0 Å². The minimum atomic E-state index is -0.445. The summed E-state index contributed by atoms with van der Waals surface area (Å²) in [5.41, 5.74) is 4.35. The first-order valence-electron chi connectivity index (χ1n) is 12.9. The van der Waals surface area contributed by atoms with E-state index < -0.39 is 6.09 Å². The molecule has 0 aliphatic carbocycles. The molecule has 0 saturated carbocycles. The highest BCUT2D eigenvalue weighted by Crippen LogP contribution is 2.40. The summed E-state index contributed by atoms with van der Waals surface area (Å²) in [6.07, 6.45) is 6.29. The number of hydrogen-bond acceptors (Lipinski definition) is 10. The molecule has 1 N–H and O–H groups in total. The quantitative estimate of drug-likeness (QED) is 0.343. The highest BCUT2D eigenvalue weighted by molar-refractivity contribution is 6.01. The van der Waals surface area contributed by atoms with E-state index in [9.17, 15) is 4.79 Å². The summed E-state index contributed by atoms with van der Waals surface area (Å²) < 4.78 is 20.8. The number of carbonyl (C=O) groups excluding carboxylic acids is 1. The summed E-state index contributed by atoms with van der Waals surface area (Å²) in [6.45, 7) is 2.23. The minimum absolute atomic E-state index is 0.280. The first kappa shape index (κ1) is 24.2. The molecule has 1 unspecified atom stereocenters. The Hall–Kier alpha value is -4.91. The van der Waals surface area contributed by atoms with Crippen molar-refractivity contribution < 1.29 is 19.0 Å². The molecule has 2 aliphatic rings. The number of anilines is 2. The van der Waals surface area contributed by atoms with Gasteiger partial charge in [0.05, 0.1) is 47.7 Å². The number of cyclic esters (lactones) is 1. The smallest absolute Gasteiger partial charge is 0.416 e. The van der Waals surface area contributed by atoms with Crippen LogP contribution in [0, 0.1) is 0 Å². The van der Waals surface area contributed by atoms with Crippen LogP contribution in [-0.2, 0) is 4.74 Å². The zero-order valence-electron chi connectivity index (χ0n) is 22.2. The number of hydrogen-bond donors (Lipinski definition) is 1. The van der Waals surface area contributed by atoms with E-state index in [0.717, 1.165) is 16.8 Å². The molecule has 7 rings (SSSR count). The number of aromatic nitrogens is 6. The molecule has 0 spiro atoms. The maximum absolute atomic E-state index is 13.0. The Morgan fingerprint density at radius 1 is 1.20 bits per heavy atom. The average Bonchev–Trinajstić information content (AvgIpc) is 3.66. The molecule has 1 aromatic carbocycles. The lowest BCUT2D eigenvalue weighted by Gasteiger charge is -2.21. The maximum atomic E-state index is 13.0. The summed E-state index contributed by atoms with van der Waals surface area (Å²) in [6, 6.07) is 7.53. The van der Waals surface area contributed by atoms with Crippen LogP contribution in [0.15, 0.2) is 49.1 Å². The van der Waals surface area contributed by atoms with Gasteiger partial charge in [0.15, 0.2) is 11.5 Å². The molecule has 0 bridgehead atoms. The molecule has 1 atom stereocenters. The third-order valence-electron chi connectivity index (χ3n) is 6.98. The van der Waals surface area contributed by atoms with Crippen LogP contribution in [0.25, 0.3) is 33.5 Å². The molecule has 204 valence electrons. The molecule has 13 nitrogen and oxygen atoms in total. The Balaban J connectivity index is 1.42. The van der Waals surface area contributed by atoms with Gasteiger partial charge in [-0.05, 0) is 26.2 Å². The fourth-order valence-electron chi connectivity index (χ4n) is 5.21. The van der Waals surface area contributed by atoms with E-state index in [2.05, 4.69) is 15.4 Å². The predicted molar refractivity (Wildman–Crippen MR) is 148 cm³/mol. The van der Waals surface area contributed by atoms with E-state index >= 15 is 0 Å². The Labute approximate surface area is 228 Å². The van der Waals surface area contributed by atoms with Gasteiger partial charge in [0.2, 0.25) is 0 Å². The first-order valence-corrected chi connectivity index (χ1v) is 12.9. The highest BCUT2D eigenvalue weighted by Gasteiger charge is 2.36. The Morgan fingerprint density at radius 2 is 2.10 bits per heavy atom. The number of nitrogens with one attached hydrogen (secondary N) is 1. The Morgan fingerprint density at radius 3 is 2.95 bits per heavy atom. The van der Waals surface area contributed by atoms with Gasteiger partial charge >= 0.3 is 6.09 Å². The second kappa shape index (κ2) is 9.38. The van der Waals surface area contributed by atoms with E-state index in [-0.39, 0.29) is 6.10 Å². The zero-order valence-corrected chi connectivity index (χ0v) is 22.2. The van der Waals surface area contributed by atoms with Crippen LogP contribution in [0.4, 0.5) is 16.3 Å². The molecule has 4 aromatic heterocycles. The predicted octanol–water partition coefficient (Wildman–Crippen LogP) is 2.83. The van der Waals surface area contributed by atoms with Gasteiger partial charge in [0.25, 0.3) is 0 Å². The topological polar surface area (TPSA) is 124 Å². The average molecular weight is 542 g/mol. The molecule has 2 aliphatic heterocycles. The van der Waals surface area contributed by atoms with Gasteiger partial charge in [-0.15, -0.1) is 5.10 Å². The van der Waals surface area contributed by atoms with Crippen LogP contribution >= 0.6 is 0 Å². The van der Waals surface area contributed by atoms with Crippen LogP contribution < -0.4 is 19.7 Å². The van der Waals surface area contributed by atoms with E-state index in [1.807, 2.05) is 49.5 Å². The summed E-state index contributed by atoms with van der Waals surface area (Å²) in [4.78, 5) is 25.8. The van der Waals surface area contributed by atoms with Crippen LogP contribution in [0.3, 0.4) is 0 Å². The highest BCUT2D eigenvalue weighted by atomic mass is 16.6. The third-order valence-corrected chi connectivity index (χ3v) is 6.98. The van der Waals surface area contributed by atoms with Gasteiger partial charge < -0.3 is 24.4 Å². The largest absolute Gasteiger partial charge is 0.494 e. The molecule has 0 radical (unpaired) electrons. The lowest BCUT2D eigenvalue weighted by Crippen LogP contribution is -2.30. The normalized spacial score (nSPS) is 16.8. The van der Waals surface area contributed by atoms with Crippen molar-refractivity contribution in [1.82, 2.24) is 34.3 Å². The number of carbonyl (C=O) groups is 1. The number of amides is 1. The molecule has 1 amide bonds. The summed E-state index contributed by atoms with van der Waals surface area (Å²) in [7, 11) is 5.50. The van der Waals surface area contributed by atoms with Crippen molar-refractivity contribution >= 4 is 34.1 Å². The second-order valence-electron chi connectivity index (χ2n) is 9.94. The van der Waals surface area contributed by atoms with Gasteiger partial charge in [-0.25, -0.2) is 19.0 Å². The van der Waals surface area contributed by atoms with E-state index in [1.165, 1.54) is 0 Å². The summed E-state index contributed by atoms with van der Waals surface area (Å²) >= 11 is 0. The molecular formula is C27H27N9O4. The number of likely N-dealkylation sites (N-methyl/N-ethyl adjacent to an activating group) is 1. The van der Waals surface area contributed by atoms with Crippen LogP contribution in [-0.4, -0.2) is 93.9 Å². The van der Waals surface area contributed by atoms with Gasteiger partial charge in [-0.3, -0.25) is 9.88 Å². The Bertz CT molecular complexity index is 1760. The molecule has 6 heterocycles. The SMILES string of the molecule is COc1cc2c(cc1-n1nc(N3CC(CN(C)C)OC3=O)c3cnc(-c4cnn5cccnc45)cc31)OCCN2. The van der Waals surface area contributed by atoms with Crippen molar-refractivity contribution in [2.45, 2.75) is 6.10 Å². The van der Waals surface area contributed by atoms with Gasteiger partial charge in [-0.2, -0.15) is 5.10 Å². The van der Waals surface area contributed by atoms with Crippen molar-refractivity contribution in [3.8, 4) is 28.4 Å². The van der Waals surface area contributed by atoms with E-state index in [0.29, 0.717) is 66.0 Å². The van der Waals surface area contributed by atoms with Gasteiger partial charge in [0, 0.05) is 43.8 Å². The number of pyridine rings is 1. The van der Waals surface area contributed by atoms with E-state index in [1.54, 1.807) is 39.8 Å². The lowest BCUT2D eigenvalue weighted by atomic mass is 10.1. The van der Waals surface area contributed by atoms with Crippen molar-refractivity contribution in [3.05, 3.63) is 49.1 Å². The molecular weight excluding hydrogens is 514 g/mol. The lowest BCUT2D eigenvalue weighted by molar-refractivity contribution is 0.123. The molecule has 40 heavy (non-hydrogen) atoms. The van der Waals surface area contributed by atoms with Crippen LogP contribution in [0.5, 0.6) is 11.5 Å². The van der Waals surface area contributed by atoms with E-state index in [4.69, 9.17) is 24.3 Å². The zero-order chi connectivity index (χ0) is 27.4. The van der Waals surface area contributed by atoms with Gasteiger partial charge in [-0.1, -0.05) is 0 Å². The number of ether oxygens (including phenoxy) is 3. The number of methoxy groups -OCH3 is 1. The van der Waals surface area contributed by atoms with Crippen molar-refractivity contribution in [2.24, 2.45) is 0 Å². The number of rotatable bonds is 6. The number of fused-ring (bicyclic) bond motifs is 3. The van der Waals surface area contributed by atoms with Crippen molar-refractivity contribution in [1.29, 1.82) is 0 Å². The van der Waals surface area contributed by atoms with Gasteiger partial charge in [0.1, 0.15) is 29.9 Å². The number of nitrogens with zero attached hydrogens (tertiary/aromatic N) is 8. The third kappa shape index (κ3) is 3.93.